The van der Waals surface area contributed by atoms with Gasteiger partial charge >= 0.3 is 0 Å². The van der Waals surface area contributed by atoms with Crippen molar-refractivity contribution in [1.82, 2.24) is 4.90 Å². The van der Waals surface area contributed by atoms with Gasteiger partial charge in [0.2, 0.25) is 5.91 Å². The molecule has 0 aromatic rings. The molecule has 1 amide bonds. The van der Waals surface area contributed by atoms with Crippen LogP contribution in [0.3, 0.4) is 0 Å². The molecule has 0 bridgehead atoms. The molecule has 1 heterocycles. The van der Waals surface area contributed by atoms with Crippen LogP contribution in [0.5, 0.6) is 0 Å². The molecule has 7 heteroatoms. The third-order valence-corrected chi connectivity index (χ3v) is 6.40. The Morgan fingerprint density at radius 1 is 1.39 bits per heavy atom. The van der Waals surface area contributed by atoms with Gasteiger partial charge in [-0.2, -0.15) is 11.8 Å². The molecule has 2 fully saturated rings. The molecule has 1 saturated carbocycles. The molecule has 104 valence electrons. The van der Waals surface area contributed by atoms with Gasteiger partial charge in [-0.1, -0.05) is 12.8 Å². The number of thioether (sulfide) groups is 1. The van der Waals surface area contributed by atoms with Crippen molar-refractivity contribution in [2.75, 3.05) is 24.3 Å². The number of hydrogen-bond acceptors (Lipinski definition) is 5. The van der Waals surface area contributed by atoms with Gasteiger partial charge < -0.3 is 10.6 Å². The summed E-state index contributed by atoms with van der Waals surface area (Å²) < 4.78 is 23.5. The lowest BCUT2D eigenvalue weighted by Gasteiger charge is -2.38. The van der Waals surface area contributed by atoms with Gasteiger partial charge in [-0.05, 0) is 12.8 Å². The molecule has 18 heavy (non-hydrogen) atoms. The first-order valence-corrected chi connectivity index (χ1v) is 9.32. The van der Waals surface area contributed by atoms with Crippen LogP contribution in [0.1, 0.15) is 25.7 Å². The van der Waals surface area contributed by atoms with Crippen LogP contribution in [0.25, 0.3) is 0 Å². The molecule has 0 aromatic carbocycles. The van der Waals surface area contributed by atoms with E-state index in [4.69, 9.17) is 5.73 Å². The number of nitrogens with zero attached hydrogens (tertiary/aromatic N) is 1. The van der Waals surface area contributed by atoms with Crippen LogP contribution < -0.4 is 5.73 Å². The summed E-state index contributed by atoms with van der Waals surface area (Å²) in [5.74, 6) is 1.07. The molecule has 5 nitrogen and oxygen atoms in total. The van der Waals surface area contributed by atoms with E-state index in [0.29, 0.717) is 25.1 Å². The molecule has 0 aromatic heterocycles. The van der Waals surface area contributed by atoms with Crippen molar-refractivity contribution in [3.8, 4) is 0 Å². The van der Waals surface area contributed by atoms with Crippen molar-refractivity contribution < 1.29 is 13.2 Å². The molecule has 1 atom stereocenters. The molecule has 1 aliphatic carbocycles. The highest BCUT2D eigenvalue weighted by Crippen LogP contribution is 2.31. The maximum absolute atomic E-state index is 12.5. The van der Waals surface area contributed by atoms with Crippen molar-refractivity contribution in [3.05, 3.63) is 0 Å². The molecule has 1 unspecified atom stereocenters. The summed E-state index contributed by atoms with van der Waals surface area (Å²) in [4.78, 5) is 14.0. The van der Waals surface area contributed by atoms with Gasteiger partial charge in [-0.3, -0.25) is 4.79 Å². The average molecular weight is 292 g/mol. The minimum absolute atomic E-state index is 0.171. The summed E-state index contributed by atoms with van der Waals surface area (Å²) in [7, 11) is -3.25. The minimum Gasteiger partial charge on any atom is -0.322 e. The predicted octanol–water partition coefficient (Wildman–Crippen LogP) is 0.204. The van der Waals surface area contributed by atoms with Crippen molar-refractivity contribution in [2.24, 2.45) is 5.73 Å². The standard InChI is InChI=1S/C11H20N2O3S2/c1-18(15,16)9-8-17-7-6-13(9)10(14)11(12)4-2-3-5-11/h9H,2-8,12H2,1H3. The molecular weight excluding hydrogens is 272 g/mol. The minimum atomic E-state index is -3.25. The Balaban J connectivity index is 2.21. The van der Waals surface area contributed by atoms with Gasteiger partial charge in [0, 0.05) is 24.3 Å². The lowest BCUT2D eigenvalue weighted by Crippen LogP contribution is -2.60. The Morgan fingerprint density at radius 3 is 2.56 bits per heavy atom. The number of rotatable bonds is 2. The number of amides is 1. The van der Waals surface area contributed by atoms with E-state index in [1.54, 1.807) is 11.8 Å². The number of sulfone groups is 1. The number of nitrogens with two attached hydrogens (primary N) is 1. The van der Waals surface area contributed by atoms with Crippen molar-refractivity contribution >= 4 is 27.5 Å². The Bertz CT molecular complexity index is 430. The molecule has 0 radical (unpaired) electrons. The van der Waals surface area contributed by atoms with Gasteiger partial charge in [0.25, 0.3) is 0 Å². The molecule has 2 N–H and O–H groups in total. The normalized spacial score (nSPS) is 28.3. The predicted molar refractivity (Wildman–Crippen MR) is 73.1 cm³/mol. The average Bonchev–Trinajstić information content (AvgIpc) is 2.75. The van der Waals surface area contributed by atoms with E-state index in [1.165, 1.54) is 11.2 Å². The second kappa shape index (κ2) is 5.02. The lowest BCUT2D eigenvalue weighted by atomic mass is 9.97. The van der Waals surface area contributed by atoms with E-state index in [9.17, 15) is 13.2 Å². The van der Waals surface area contributed by atoms with Crippen molar-refractivity contribution in [2.45, 2.75) is 36.6 Å². The molecule has 1 saturated heterocycles. The van der Waals surface area contributed by atoms with E-state index < -0.39 is 20.8 Å². The highest BCUT2D eigenvalue weighted by molar-refractivity contribution is 8.00. The van der Waals surface area contributed by atoms with Gasteiger partial charge in [0.15, 0.2) is 9.84 Å². The SMILES string of the molecule is CS(=O)(=O)C1CSCCN1C(=O)C1(N)CCCC1. The highest BCUT2D eigenvalue weighted by Gasteiger charge is 2.44. The zero-order valence-corrected chi connectivity index (χ0v) is 12.2. The number of hydrogen-bond donors (Lipinski definition) is 1. The zero-order chi connectivity index (χ0) is 13.4. The van der Waals surface area contributed by atoms with Gasteiger partial charge in [0.05, 0.1) is 5.54 Å². The van der Waals surface area contributed by atoms with Crippen LogP contribution in [0.2, 0.25) is 0 Å². The van der Waals surface area contributed by atoms with Crippen LogP contribution in [-0.2, 0) is 14.6 Å². The first-order valence-electron chi connectivity index (χ1n) is 6.21. The molecule has 2 rings (SSSR count). The largest absolute Gasteiger partial charge is 0.322 e. The Labute approximate surface area is 112 Å². The first kappa shape index (κ1) is 14.1. The fraction of sp³-hybridized carbons (Fsp3) is 0.909. The first-order chi connectivity index (χ1) is 8.34. The van der Waals surface area contributed by atoms with E-state index in [2.05, 4.69) is 0 Å². The van der Waals surface area contributed by atoms with Gasteiger partial charge in [0.1, 0.15) is 5.37 Å². The molecular formula is C11H20N2O3S2. The van der Waals surface area contributed by atoms with Crippen LogP contribution in [-0.4, -0.2) is 54.4 Å². The van der Waals surface area contributed by atoms with Crippen LogP contribution in [0, 0.1) is 0 Å². The van der Waals surface area contributed by atoms with Crippen molar-refractivity contribution in [1.29, 1.82) is 0 Å². The number of carbonyl (C=O) groups is 1. The molecule has 0 spiro atoms. The van der Waals surface area contributed by atoms with E-state index in [1.807, 2.05) is 0 Å². The van der Waals surface area contributed by atoms with E-state index >= 15 is 0 Å². The smallest absolute Gasteiger partial charge is 0.243 e. The highest BCUT2D eigenvalue weighted by atomic mass is 32.2. The third kappa shape index (κ3) is 2.67. The Morgan fingerprint density at radius 2 is 2.00 bits per heavy atom. The summed E-state index contributed by atoms with van der Waals surface area (Å²) >= 11 is 1.58. The third-order valence-electron chi connectivity index (χ3n) is 3.76. The summed E-state index contributed by atoms with van der Waals surface area (Å²) in [6, 6.07) is 0. The summed E-state index contributed by atoms with van der Waals surface area (Å²) in [5, 5.41) is -0.704. The van der Waals surface area contributed by atoms with Crippen molar-refractivity contribution in [3.63, 3.8) is 0 Å². The molecule has 2 aliphatic rings. The summed E-state index contributed by atoms with van der Waals surface area (Å²) in [6.07, 6.45) is 4.45. The maximum atomic E-state index is 12.5. The Hall–Kier alpha value is -0.270. The fourth-order valence-electron chi connectivity index (χ4n) is 2.67. The van der Waals surface area contributed by atoms with E-state index in [0.717, 1.165) is 18.6 Å². The quantitative estimate of drug-likeness (QED) is 0.786. The Kier molecular flexibility index (Phi) is 3.94. The second-order valence-corrected chi connectivity index (χ2v) is 8.57. The fourth-order valence-corrected chi connectivity index (χ4v) is 5.49. The van der Waals surface area contributed by atoms with Crippen LogP contribution >= 0.6 is 11.8 Å². The topological polar surface area (TPSA) is 80.5 Å². The molecule has 1 aliphatic heterocycles. The summed E-state index contributed by atoms with van der Waals surface area (Å²) in [5.41, 5.74) is 5.32. The van der Waals surface area contributed by atoms with E-state index in [-0.39, 0.29) is 5.91 Å². The zero-order valence-electron chi connectivity index (χ0n) is 10.6. The van der Waals surface area contributed by atoms with Crippen LogP contribution in [0.4, 0.5) is 0 Å². The number of carbonyl (C=O) groups excluding carboxylic acids is 1. The van der Waals surface area contributed by atoms with Gasteiger partial charge in [-0.25, -0.2) is 8.42 Å². The maximum Gasteiger partial charge on any atom is 0.243 e. The monoisotopic (exact) mass is 292 g/mol. The lowest BCUT2D eigenvalue weighted by molar-refractivity contribution is -0.137. The summed E-state index contributed by atoms with van der Waals surface area (Å²) in [6.45, 7) is 0.486. The second-order valence-electron chi connectivity index (χ2n) is 5.22. The van der Waals surface area contributed by atoms with Gasteiger partial charge in [-0.15, -0.1) is 0 Å². The van der Waals surface area contributed by atoms with Crippen LogP contribution in [0.15, 0.2) is 0 Å².